The molecule has 7 nitrogen and oxygen atoms in total. The number of carbonyl (C=O) groups is 3. The average molecular weight is 484 g/mol. The van der Waals surface area contributed by atoms with Gasteiger partial charge in [-0.15, -0.1) is 0 Å². The standard InChI is InChI=1S/C28H41N3O4/c1-20(2)16-24-26(34)30-23(19-32)18-28(14-15-29-27(28)35)13-9-4-3-8-12-22(25(33)31-24)17-21-10-6-5-7-11-21/h4-7,9-11,20,22-24,32H,3,8,12-19H2,1-2H3,(H,29,35)(H,30,34)(H,31,33)/t22?,23-,24-,28?/m0/s1. The summed E-state index contributed by atoms with van der Waals surface area (Å²) in [6.07, 6.45) is 9.27. The first kappa shape index (κ1) is 26.9. The third-order valence-corrected chi connectivity index (χ3v) is 7.21. The first-order valence-corrected chi connectivity index (χ1v) is 13.0. The third-order valence-electron chi connectivity index (χ3n) is 7.21. The summed E-state index contributed by atoms with van der Waals surface area (Å²) >= 11 is 0. The molecule has 3 rings (SSSR count). The molecule has 35 heavy (non-hydrogen) atoms. The lowest BCUT2D eigenvalue weighted by molar-refractivity contribution is -0.132. The van der Waals surface area contributed by atoms with Crippen LogP contribution in [0.3, 0.4) is 0 Å². The average Bonchev–Trinajstić information content (AvgIpc) is 3.18. The second-order valence-electron chi connectivity index (χ2n) is 10.6. The fourth-order valence-corrected chi connectivity index (χ4v) is 5.25. The van der Waals surface area contributed by atoms with Gasteiger partial charge in [-0.3, -0.25) is 14.4 Å². The van der Waals surface area contributed by atoms with Crippen LogP contribution in [0.5, 0.6) is 0 Å². The van der Waals surface area contributed by atoms with Crippen LogP contribution in [0.15, 0.2) is 42.5 Å². The Labute approximate surface area is 209 Å². The van der Waals surface area contributed by atoms with Crippen LogP contribution in [-0.4, -0.2) is 48.1 Å². The van der Waals surface area contributed by atoms with Gasteiger partial charge in [-0.2, -0.15) is 0 Å². The minimum atomic E-state index is -0.688. The van der Waals surface area contributed by atoms with Crippen molar-refractivity contribution in [3.8, 4) is 0 Å². The number of aliphatic hydroxyl groups excluding tert-OH is 1. The van der Waals surface area contributed by atoms with E-state index in [-0.39, 0.29) is 36.2 Å². The van der Waals surface area contributed by atoms with Crippen molar-refractivity contribution < 1.29 is 19.5 Å². The maximum absolute atomic E-state index is 13.4. The van der Waals surface area contributed by atoms with Crippen molar-refractivity contribution in [1.29, 1.82) is 0 Å². The number of benzene rings is 1. The molecule has 0 aliphatic carbocycles. The highest BCUT2D eigenvalue weighted by molar-refractivity contribution is 5.89. The summed E-state index contributed by atoms with van der Waals surface area (Å²) < 4.78 is 0. The fraction of sp³-hybridized carbons (Fsp3) is 0.607. The lowest BCUT2D eigenvalue weighted by Gasteiger charge is -2.31. The van der Waals surface area contributed by atoms with Crippen molar-refractivity contribution in [1.82, 2.24) is 16.0 Å². The highest BCUT2D eigenvalue weighted by atomic mass is 16.3. The Kier molecular flexibility index (Phi) is 9.90. The van der Waals surface area contributed by atoms with Crippen molar-refractivity contribution >= 4 is 17.7 Å². The van der Waals surface area contributed by atoms with E-state index in [1.165, 1.54) is 0 Å². The number of rotatable bonds is 5. The van der Waals surface area contributed by atoms with Crippen LogP contribution in [0.25, 0.3) is 0 Å². The largest absolute Gasteiger partial charge is 0.394 e. The molecule has 192 valence electrons. The van der Waals surface area contributed by atoms with Crippen LogP contribution < -0.4 is 16.0 Å². The number of hydrogen-bond donors (Lipinski definition) is 4. The minimum Gasteiger partial charge on any atom is -0.394 e. The minimum absolute atomic E-state index is 0.0193. The van der Waals surface area contributed by atoms with Gasteiger partial charge in [-0.25, -0.2) is 0 Å². The molecular formula is C28H41N3O4. The quantitative estimate of drug-likeness (QED) is 0.483. The lowest BCUT2D eigenvalue weighted by Crippen LogP contribution is -2.53. The normalized spacial score (nSPS) is 28.8. The first-order chi connectivity index (χ1) is 16.8. The molecule has 3 amide bonds. The van der Waals surface area contributed by atoms with E-state index in [9.17, 15) is 19.5 Å². The van der Waals surface area contributed by atoms with Crippen molar-refractivity contribution in [2.45, 2.75) is 77.3 Å². The maximum Gasteiger partial charge on any atom is 0.242 e. The zero-order valence-electron chi connectivity index (χ0n) is 21.1. The van der Waals surface area contributed by atoms with Gasteiger partial charge in [0.2, 0.25) is 17.7 Å². The molecule has 1 spiro atoms. The molecule has 0 radical (unpaired) electrons. The van der Waals surface area contributed by atoms with Gasteiger partial charge < -0.3 is 21.1 Å². The van der Waals surface area contributed by atoms with E-state index in [1.54, 1.807) is 0 Å². The van der Waals surface area contributed by atoms with Gasteiger partial charge in [0, 0.05) is 12.5 Å². The highest BCUT2D eigenvalue weighted by Crippen LogP contribution is 2.36. The second-order valence-corrected chi connectivity index (χ2v) is 10.6. The molecule has 2 aliphatic rings. The predicted molar refractivity (Wildman–Crippen MR) is 136 cm³/mol. The summed E-state index contributed by atoms with van der Waals surface area (Å²) in [6.45, 7) is 4.38. The Bertz CT molecular complexity index is 885. The number of allylic oxidation sites excluding steroid dienone is 2. The number of aliphatic hydroxyl groups is 1. The molecule has 2 heterocycles. The van der Waals surface area contributed by atoms with Crippen LogP contribution in [0.1, 0.15) is 64.4 Å². The van der Waals surface area contributed by atoms with Gasteiger partial charge in [-0.1, -0.05) is 56.3 Å². The van der Waals surface area contributed by atoms with Crippen LogP contribution in [0.2, 0.25) is 0 Å². The van der Waals surface area contributed by atoms with Crippen molar-refractivity contribution in [3.63, 3.8) is 0 Å². The van der Waals surface area contributed by atoms with Crippen molar-refractivity contribution in [2.24, 2.45) is 17.3 Å². The molecule has 0 saturated carbocycles. The van der Waals surface area contributed by atoms with Gasteiger partial charge >= 0.3 is 0 Å². The van der Waals surface area contributed by atoms with E-state index >= 15 is 0 Å². The predicted octanol–water partition coefficient (Wildman–Crippen LogP) is 2.88. The Morgan fingerprint density at radius 3 is 2.49 bits per heavy atom. The Balaban J connectivity index is 1.85. The van der Waals surface area contributed by atoms with E-state index in [0.29, 0.717) is 45.1 Å². The van der Waals surface area contributed by atoms with Gasteiger partial charge in [0.05, 0.1) is 18.1 Å². The number of amides is 3. The van der Waals surface area contributed by atoms with Crippen LogP contribution in [0, 0.1) is 17.3 Å². The smallest absolute Gasteiger partial charge is 0.242 e. The zero-order chi connectivity index (χ0) is 25.3. The second kappa shape index (κ2) is 12.9. The Morgan fingerprint density at radius 2 is 1.83 bits per heavy atom. The summed E-state index contributed by atoms with van der Waals surface area (Å²) in [5.41, 5.74) is 0.463. The number of hydrogen-bond acceptors (Lipinski definition) is 4. The van der Waals surface area contributed by atoms with Crippen molar-refractivity contribution in [3.05, 3.63) is 48.0 Å². The SMILES string of the molecule is CC(C)C[C@@H]1NC(=O)C(Cc2ccccc2)CCCC=CCC2(CCNC2=O)C[C@@H](CO)NC1=O. The molecule has 1 aromatic carbocycles. The highest BCUT2D eigenvalue weighted by Gasteiger charge is 2.43. The van der Waals surface area contributed by atoms with Crippen LogP contribution >= 0.6 is 0 Å². The molecule has 4 atom stereocenters. The van der Waals surface area contributed by atoms with E-state index in [1.807, 2.05) is 44.2 Å². The van der Waals surface area contributed by atoms with Gasteiger partial charge in [-0.05, 0) is 62.8 Å². The van der Waals surface area contributed by atoms with E-state index in [4.69, 9.17) is 0 Å². The van der Waals surface area contributed by atoms with Gasteiger partial charge in [0.15, 0.2) is 0 Å². The van der Waals surface area contributed by atoms with Crippen LogP contribution in [-0.2, 0) is 20.8 Å². The molecule has 0 aromatic heterocycles. The molecule has 2 unspecified atom stereocenters. The molecule has 1 fully saturated rings. The first-order valence-electron chi connectivity index (χ1n) is 13.0. The molecule has 1 saturated heterocycles. The Hall–Kier alpha value is -2.67. The molecular weight excluding hydrogens is 442 g/mol. The zero-order valence-corrected chi connectivity index (χ0v) is 21.1. The summed E-state index contributed by atoms with van der Waals surface area (Å²) in [7, 11) is 0. The van der Waals surface area contributed by atoms with E-state index < -0.39 is 17.5 Å². The van der Waals surface area contributed by atoms with E-state index in [0.717, 1.165) is 18.4 Å². The third kappa shape index (κ3) is 7.66. The number of carbonyl (C=O) groups excluding carboxylic acids is 3. The fourth-order valence-electron chi connectivity index (χ4n) is 5.25. The molecule has 0 bridgehead atoms. The summed E-state index contributed by atoms with van der Waals surface area (Å²) in [5.74, 6) is -0.471. The molecule has 7 heteroatoms. The monoisotopic (exact) mass is 483 g/mol. The lowest BCUT2D eigenvalue weighted by atomic mass is 9.77. The topological polar surface area (TPSA) is 108 Å². The summed E-state index contributed by atoms with van der Waals surface area (Å²) in [6, 6.07) is 8.71. The maximum atomic E-state index is 13.4. The summed E-state index contributed by atoms with van der Waals surface area (Å²) in [5, 5.41) is 19.0. The number of nitrogens with one attached hydrogen (secondary N) is 3. The van der Waals surface area contributed by atoms with Crippen molar-refractivity contribution in [2.75, 3.05) is 13.2 Å². The van der Waals surface area contributed by atoms with E-state index in [2.05, 4.69) is 28.1 Å². The van der Waals surface area contributed by atoms with Crippen LogP contribution in [0.4, 0.5) is 0 Å². The van der Waals surface area contributed by atoms with Gasteiger partial charge in [0.25, 0.3) is 0 Å². The summed E-state index contributed by atoms with van der Waals surface area (Å²) in [4.78, 5) is 39.4. The Morgan fingerprint density at radius 1 is 1.06 bits per heavy atom. The molecule has 1 aromatic rings. The molecule has 2 aliphatic heterocycles. The van der Waals surface area contributed by atoms with Gasteiger partial charge in [0.1, 0.15) is 6.04 Å². The molecule has 4 N–H and O–H groups in total.